The molecule has 0 saturated carbocycles. The molecular formula is C17H17BrF2N2O2S. The summed E-state index contributed by atoms with van der Waals surface area (Å²) in [5.74, 6) is -2.12. The Morgan fingerprint density at radius 2 is 1.52 bits per heavy atom. The summed E-state index contributed by atoms with van der Waals surface area (Å²) in [4.78, 5) is 1.25. The van der Waals surface area contributed by atoms with Crippen molar-refractivity contribution in [1.29, 1.82) is 0 Å². The van der Waals surface area contributed by atoms with Crippen molar-refractivity contribution in [2.24, 2.45) is 0 Å². The van der Waals surface area contributed by atoms with Crippen molar-refractivity contribution in [1.82, 2.24) is 9.21 Å². The van der Waals surface area contributed by atoms with Gasteiger partial charge in [-0.25, -0.2) is 17.2 Å². The summed E-state index contributed by atoms with van der Waals surface area (Å²) >= 11 is 3.50. The van der Waals surface area contributed by atoms with Crippen molar-refractivity contribution in [3.8, 4) is 0 Å². The van der Waals surface area contributed by atoms with Crippen LogP contribution in [0, 0.1) is 11.6 Å². The summed E-state index contributed by atoms with van der Waals surface area (Å²) in [6.45, 7) is 2.07. The zero-order valence-corrected chi connectivity index (χ0v) is 15.7. The van der Waals surface area contributed by atoms with Crippen LogP contribution in [0.15, 0.2) is 51.8 Å². The summed E-state index contributed by atoms with van der Waals surface area (Å²) in [6.07, 6.45) is 0. The number of sulfonamides is 1. The maximum Gasteiger partial charge on any atom is 0.249 e. The van der Waals surface area contributed by atoms with Gasteiger partial charge in [0.2, 0.25) is 10.0 Å². The molecule has 2 aromatic carbocycles. The van der Waals surface area contributed by atoms with E-state index < -0.39 is 26.6 Å². The van der Waals surface area contributed by atoms with Crippen molar-refractivity contribution < 1.29 is 17.2 Å². The molecule has 0 radical (unpaired) electrons. The summed E-state index contributed by atoms with van der Waals surface area (Å²) in [6, 6.07) is 10.9. The molecule has 8 heteroatoms. The van der Waals surface area contributed by atoms with Crippen molar-refractivity contribution in [3.05, 3.63) is 64.1 Å². The van der Waals surface area contributed by atoms with E-state index in [1.807, 2.05) is 24.3 Å². The molecule has 134 valence electrons. The van der Waals surface area contributed by atoms with Crippen LogP contribution in [-0.4, -0.2) is 43.8 Å². The van der Waals surface area contributed by atoms with Gasteiger partial charge in [0.25, 0.3) is 0 Å². The second-order valence-corrected chi connectivity index (χ2v) is 8.55. The van der Waals surface area contributed by atoms with E-state index in [-0.39, 0.29) is 13.1 Å². The molecule has 0 atom stereocenters. The SMILES string of the molecule is O=S(=O)(c1c(F)cccc1F)N1CCN(Cc2ccccc2Br)CC1. The molecule has 0 aliphatic carbocycles. The predicted octanol–water partition coefficient (Wildman–Crippen LogP) is 3.23. The minimum atomic E-state index is -4.18. The van der Waals surface area contributed by atoms with Crippen LogP contribution in [-0.2, 0) is 16.6 Å². The quantitative estimate of drug-likeness (QED) is 0.747. The van der Waals surface area contributed by atoms with Gasteiger partial charge in [-0.3, -0.25) is 4.90 Å². The van der Waals surface area contributed by atoms with Gasteiger partial charge in [-0.2, -0.15) is 4.31 Å². The Hall–Kier alpha value is -1.35. The van der Waals surface area contributed by atoms with Gasteiger partial charge in [-0.15, -0.1) is 0 Å². The minimum Gasteiger partial charge on any atom is -0.296 e. The molecule has 0 unspecified atom stereocenters. The third-order valence-electron chi connectivity index (χ3n) is 4.20. The largest absolute Gasteiger partial charge is 0.296 e. The first-order valence-electron chi connectivity index (χ1n) is 7.79. The molecule has 1 aliphatic heterocycles. The molecule has 0 N–H and O–H groups in total. The molecule has 0 bridgehead atoms. The number of hydrogen-bond acceptors (Lipinski definition) is 3. The van der Waals surface area contributed by atoms with E-state index in [9.17, 15) is 17.2 Å². The van der Waals surface area contributed by atoms with Gasteiger partial charge < -0.3 is 0 Å². The smallest absolute Gasteiger partial charge is 0.249 e. The molecule has 0 spiro atoms. The van der Waals surface area contributed by atoms with Crippen LogP contribution in [0.5, 0.6) is 0 Å². The second kappa shape index (κ2) is 7.49. The molecule has 1 fully saturated rings. The van der Waals surface area contributed by atoms with Gasteiger partial charge in [-0.1, -0.05) is 40.2 Å². The predicted molar refractivity (Wildman–Crippen MR) is 94.5 cm³/mol. The van der Waals surface area contributed by atoms with Crippen LogP contribution < -0.4 is 0 Å². The van der Waals surface area contributed by atoms with E-state index in [0.717, 1.165) is 32.5 Å². The molecular weight excluding hydrogens is 414 g/mol. The highest BCUT2D eigenvalue weighted by molar-refractivity contribution is 9.10. The van der Waals surface area contributed by atoms with Crippen LogP contribution >= 0.6 is 15.9 Å². The lowest BCUT2D eigenvalue weighted by Gasteiger charge is -2.34. The monoisotopic (exact) mass is 430 g/mol. The number of nitrogens with zero attached hydrogens (tertiary/aromatic N) is 2. The highest BCUT2D eigenvalue weighted by atomic mass is 79.9. The summed E-state index contributed by atoms with van der Waals surface area (Å²) in [5.41, 5.74) is 1.11. The Balaban J connectivity index is 1.71. The topological polar surface area (TPSA) is 40.6 Å². The number of piperazine rings is 1. The Morgan fingerprint density at radius 3 is 2.12 bits per heavy atom. The summed E-state index contributed by atoms with van der Waals surface area (Å²) in [7, 11) is -4.18. The Kier molecular flexibility index (Phi) is 5.52. The van der Waals surface area contributed by atoms with Gasteiger partial charge in [0.05, 0.1) is 0 Å². The van der Waals surface area contributed by atoms with E-state index in [2.05, 4.69) is 20.8 Å². The average molecular weight is 431 g/mol. The van der Waals surface area contributed by atoms with Crippen molar-refractivity contribution >= 4 is 26.0 Å². The van der Waals surface area contributed by atoms with Gasteiger partial charge in [0, 0.05) is 37.2 Å². The van der Waals surface area contributed by atoms with Gasteiger partial charge in [-0.05, 0) is 23.8 Å². The standard InChI is InChI=1S/C17H17BrF2N2O2S/c18-14-5-2-1-4-13(14)12-21-8-10-22(11-9-21)25(23,24)17-15(19)6-3-7-16(17)20/h1-7H,8-12H2. The van der Waals surface area contributed by atoms with Crippen molar-refractivity contribution in [3.63, 3.8) is 0 Å². The van der Waals surface area contributed by atoms with E-state index in [1.54, 1.807) is 0 Å². The van der Waals surface area contributed by atoms with E-state index in [4.69, 9.17) is 0 Å². The molecule has 3 rings (SSSR count). The Morgan fingerprint density at radius 1 is 0.920 bits per heavy atom. The first-order chi connectivity index (χ1) is 11.9. The molecule has 0 amide bonds. The minimum absolute atomic E-state index is 0.195. The van der Waals surface area contributed by atoms with E-state index >= 15 is 0 Å². The van der Waals surface area contributed by atoms with Crippen LogP contribution in [0.3, 0.4) is 0 Å². The fourth-order valence-electron chi connectivity index (χ4n) is 2.85. The maximum atomic E-state index is 13.8. The van der Waals surface area contributed by atoms with Crippen LogP contribution in [0.4, 0.5) is 8.78 Å². The normalized spacial score (nSPS) is 16.9. The van der Waals surface area contributed by atoms with E-state index in [0.29, 0.717) is 19.6 Å². The van der Waals surface area contributed by atoms with Gasteiger partial charge in [0.1, 0.15) is 11.6 Å². The lowest BCUT2D eigenvalue weighted by atomic mass is 10.2. The third-order valence-corrected chi connectivity index (χ3v) is 6.92. The second-order valence-electron chi connectivity index (χ2n) is 5.82. The van der Waals surface area contributed by atoms with E-state index in [1.165, 1.54) is 0 Å². The fourth-order valence-corrected chi connectivity index (χ4v) is 4.79. The molecule has 4 nitrogen and oxygen atoms in total. The third kappa shape index (κ3) is 3.92. The zero-order valence-electron chi connectivity index (χ0n) is 13.3. The molecule has 1 saturated heterocycles. The van der Waals surface area contributed by atoms with Crippen molar-refractivity contribution in [2.45, 2.75) is 11.4 Å². The molecule has 25 heavy (non-hydrogen) atoms. The first kappa shape index (κ1) is 18.4. The fraction of sp³-hybridized carbons (Fsp3) is 0.294. The highest BCUT2D eigenvalue weighted by Gasteiger charge is 2.33. The average Bonchev–Trinajstić information content (AvgIpc) is 2.57. The Labute approximate surface area is 154 Å². The number of halogens is 3. The number of hydrogen-bond donors (Lipinski definition) is 0. The van der Waals surface area contributed by atoms with Crippen LogP contribution in [0.2, 0.25) is 0 Å². The zero-order chi connectivity index (χ0) is 18.0. The van der Waals surface area contributed by atoms with Crippen LogP contribution in [0.1, 0.15) is 5.56 Å². The summed E-state index contributed by atoms with van der Waals surface area (Å²) in [5, 5.41) is 0. The molecule has 1 heterocycles. The van der Waals surface area contributed by atoms with Crippen LogP contribution in [0.25, 0.3) is 0 Å². The number of rotatable bonds is 4. The lowest BCUT2D eigenvalue weighted by Crippen LogP contribution is -2.48. The van der Waals surface area contributed by atoms with Gasteiger partial charge >= 0.3 is 0 Å². The Bertz CT molecular complexity index is 848. The molecule has 1 aliphatic rings. The van der Waals surface area contributed by atoms with Gasteiger partial charge in [0.15, 0.2) is 4.90 Å². The van der Waals surface area contributed by atoms with Crippen molar-refractivity contribution in [2.75, 3.05) is 26.2 Å². The maximum absolute atomic E-state index is 13.8. The first-order valence-corrected chi connectivity index (χ1v) is 10.0. The molecule has 2 aromatic rings. The summed E-state index contributed by atoms with van der Waals surface area (Å²) < 4.78 is 55.0. The molecule has 0 aromatic heterocycles. The highest BCUT2D eigenvalue weighted by Crippen LogP contribution is 2.24. The number of benzene rings is 2. The lowest BCUT2D eigenvalue weighted by molar-refractivity contribution is 0.181.